The zero-order valence-electron chi connectivity index (χ0n) is 28.3. The summed E-state index contributed by atoms with van der Waals surface area (Å²) < 4.78 is 50.9. The lowest BCUT2D eigenvalue weighted by atomic mass is 9.90. The number of nitrogens with one attached hydrogen (secondary N) is 2. The van der Waals surface area contributed by atoms with Gasteiger partial charge in [0.15, 0.2) is 5.76 Å². The lowest BCUT2D eigenvalue weighted by Crippen LogP contribution is -2.60. The molecule has 276 valence electrons. The van der Waals surface area contributed by atoms with E-state index in [9.17, 15) is 33.0 Å². The average molecular weight is 723 g/mol. The minimum atomic E-state index is -4.60. The molecule has 4 N–H and O–H groups in total. The Labute approximate surface area is 298 Å². The van der Waals surface area contributed by atoms with E-state index in [0.717, 1.165) is 5.56 Å². The van der Waals surface area contributed by atoms with Gasteiger partial charge in [0.05, 0.1) is 24.9 Å². The van der Waals surface area contributed by atoms with Crippen LogP contribution < -0.4 is 15.4 Å². The SMILES string of the molecule is O=C(N[C@H]1c2ccccc2OC[C@H]1O)[C@H](Cc1ccccc1)C[C@H](O)CN1CCN(Cc2ccc(-c3cnccn3)o2)C[C@H]1C(=O)NCC(F)(F)F. The van der Waals surface area contributed by atoms with Gasteiger partial charge in [0.2, 0.25) is 11.8 Å². The van der Waals surface area contributed by atoms with Crippen LogP contribution >= 0.6 is 0 Å². The number of benzene rings is 2. The summed E-state index contributed by atoms with van der Waals surface area (Å²) in [4.78, 5) is 39.0. The molecule has 0 bridgehead atoms. The van der Waals surface area contributed by atoms with Gasteiger partial charge in [-0.3, -0.25) is 24.4 Å². The number of β-amino-alcohol motifs (C(OH)–C–C–N with tert-alkyl or cyclic N) is 1. The van der Waals surface area contributed by atoms with Crippen LogP contribution in [0.15, 0.2) is 89.7 Å². The molecule has 1 saturated heterocycles. The van der Waals surface area contributed by atoms with Crippen LogP contribution in [0.2, 0.25) is 0 Å². The van der Waals surface area contributed by atoms with Crippen molar-refractivity contribution in [1.82, 2.24) is 30.4 Å². The fourth-order valence-electron chi connectivity index (χ4n) is 6.69. The molecule has 12 nitrogen and oxygen atoms in total. The lowest BCUT2D eigenvalue weighted by Gasteiger charge is -2.41. The normalized spacial score (nSPS) is 20.7. The fourth-order valence-corrected chi connectivity index (χ4v) is 6.69. The highest BCUT2D eigenvalue weighted by Crippen LogP contribution is 2.32. The molecule has 52 heavy (non-hydrogen) atoms. The molecule has 0 unspecified atom stereocenters. The smallest absolute Gasteiger partial charge is 0.405 e. The van der Waals surface area contributed by atoms with Crippen molar-refractivity contribution in [3.05, 3.63) is 102 Å². The first-order chi connectivity index (χ1) is 25.0. The third-order valence-electron chi connectivity index (χ3n) is 9.24. The summed E-state index contributed by atoms with van der Waals surface area (Å²) in [5.74, 6) is -0.290. The fraction of sp³-hybridized carbons (Fsp3) is 0.405. The van der Waals surface area contributed by atoms with Crippen LogP contribution in [0.3, 0.4) is 0 Å². The minimum absolute atomic E-state index is 0.000500. The number of furan rings is 1. The molecule has 2 aliphatic rings. The van der Waals surface area contributed by atoms with E-state index < -0.39 is 48.8 Å². The number of aromatic nitrogens is 2. The number of aliphatic hydroxyl groups is 2. The molecule has 0 saturated carbocycles. The van der Waals surface area contributed by atoms with Gasteiger partial charge in [-0.15, -0.1) is 0 Å². The Morgan fingerprint density at radius 3 is 2.58 bits per heavy atom. The number of ether oxygens (including phenoxy) is 1. The lowest BCUT2D eigenvalue weighted by molar-refractivity contribution is -0.143. The maximum absolute atomic E-state index is 13.9. The van der Waals surface area contributed by atoms with E-state index in [1.54, 1.807) is 59.9 Å². The van der Waals surface area contributed by atoms with Crippen LogP contribution in [-0.4, -0.2) is 106 Å². The molecule has 0 spiro atoms. The molecule has 0 aliphatic carbocycles. The quantitative estimate of drug-likeness (QED) is 0.162. The predicted molar refractivity (Wildman–Crippen MR) is 183 cm³/mol. The first-order valence-corrected chi connectivity index (χ1v) is 17.1. The van der Waals surface area contributed by atoms with Crippen LogP contribution in [0.4, 0.5) is 13.2 Å². The highest BCUT2D eigenvalue weighted by molar-refractivity contribution is 5.82. The maximum Gasteiger partial charge on any atom is 0.405 e. The Morgan fingerprint density at radius 1 is 1.02 bits per heavy atom. The van der Waals surface area contributed by atoms with Crippen molar-refractivity contribution >= 4 is 11.8 Å². The van der Waals surface area contributed by atoms with Gasteiger partial charge in [0.25, 0.3) is 0 Å². The molecular formula is C37H41F3N6O6. The van der Waals surface area contributed by atoms with Crippen LogP contribution in [0.5, 0.6) is 5.75 Å². The Bertz CT molecular complexity index is 1780. The number of carbonyl (C=O) groups is 2. The number of carbonyl (C=O) groups excluding carboxylic acids is 2. The third-order valence-corrected chi connectivity index (χ3v) is 9.24. The van der Waals surface area contributed by atoms with Crippen LogP contribution in [0, 0.1) is 5.92 Å². The van der Waals surface area contributed by atoms with Gasteiger partial charge in [0, 0.05) is 50.1 Å². The minimum Gasteiger partial charge on any atom is -0.490 e. The van der Waals surface area contributed by atoms with Crippen molar-refractivity contribution in [2.75, 3.05) is 39.3 Å². The van der Waals surface area contributed by atoms with Gasteiger partial charge in [-0.25, -0.2) is 4.98 Å². The van der Waals surface area contributed by atoms with Crippen LogP contribution in [-0.2, 0) is 22.6 Å². The number of fused-ring (bicyclic) bond motifs is 1. The van der Waals surface area contributed by atoms with Gasteiger partial charge in [-0.05, 0) is 36.6 Å². The summed E-state index contributed by atoms with van der Waals surface area (Å²) in [7, 11) is 0. The number of para-hydroxylation sites is 1. The molecule has 2 aromatic carbocycles. The van der Waals surface area contributed by atoms with Gasteiger partial charge < -0.3 is 30.0 Å². The molecule has 2 aliphatic heterocycles. The van der Waals surface area contributed by atoms with Gasteiger partial charge in [0.1, 0.15) is 42.5 Å². The molecule has 0 radical (unpaired) electrons. The van der Waals surface area contributed by atoms with Crippen molar-refractivity contribution in [2.24, 2.45) is 5.92 Å². The topological polar surface area (TPSA) is 153 Å². The molecule has 5 atom stereocenters. The number of nitrogens with zero attached hydrogens (tertiary/aromatic N) is 4. The summed E-state index contributed by atoms with van der Waals surface area (Å²) in [5.41, 5.74) is 2.05. The van der Waals surface area contributed by atoms with Crippen molar-refractivity contribution in [2.45, 2.75) is 49.9 Å². The predicted octanol–water partition coefficient (Wildman–Crippen LogP) is 3.12. The summed E-state index contributed by atoms with van der Waals surface area (Å²) in [6.07, 6.45) is -1.77. The number of hydrogen-bond donors (Lipinski definition) is 4. The Kier molecular flexibility index (Phi) is 11.8. The van der Waals surface area contributed by atoms with E-state index in [2.05, 4.69) is 15.3 Å². The molecule has 4 heterocycles. The number of halogens is 3. The third kappa shape index (κ3) is 9.73. The monoisotopic (exact) mass is 722 g/mol. The summed E-state index contributed by atoms with van der Waals surface area (Å²) >= 11 is 0. The number of piperazine rings is 1. The van der Waals surface area contributed by atoms with Crippen molar-refractivity contribution < 1.29 is 42.1 Å². The molecule has 2 aromatic heterocycles. The standard InChI is InChI=1S/C37H41F3N6O6/c38-37(39,40)23-43-36(50)30-21-45(20-27-10-11-33(52-27)29-18-41-12-13-42-29)14-15-46(30)19-26(47)17-25(16-24-6-2-1-3-7-24)35(49)44-34-28-8-4-5-9-32(28)51-22-31(34)48/h1-13,18,25-26,30-31,34,47-48H,14-17,19-23H2,(H,43,50)(H,44,49)/t25-,26+,30+,31-,34+/m1/s1. The van der Waals surface area contributed by atoms with Gasteiger partial charge >= 0.3 is 6.18 Å². The number of hydrogen-bond acceptors (Lipinski definition) is 10. The maximum atomic E-state index is 13.9. The second kappa shape index (κ2) is 16.7. The molecule has 15 heteroatoms. The molecule has 4 aromatic rings. The number of rotatable bonds is 13. The number of aliphatic hydroxyl groups excluding tert-OH is 2. The number of amides is 2. The van der Waals surface area contributed by atoms with E-state index >= 15 is 0 Å². The largest absolute Gasteiger partial charge is 0.490 e. The van der Waals surface area contributed by atoms with E-state index in [0.29, 0.717) is 41.6 Å². The van der Waals surface area contributed by atoms with E-state index in [4.69, 9.17) is 9.15 Å². The van der Waals surface area contributed by atoms with Crippen LogP contribution in [0.25, 0.3) is 11.5 Å². The summed E-state index contributed by atoms with van der Waals surface area (Å²) in [6, 6.07) is 18.2. The Hall–Kier alpha value is -4.83. The first kappa shape index (κ1) is 36.9. The van der Waals surface area contributed by atoms with E-state index in [-0.39, 0.29) is 45.0 Å². The van der Waals surface area contributed by atoms with Crippen molar-refractivity contribution in [1.29, 1.82) is 0 Å². The van der Waals surface area contributed by atoms with Crippen molar-refractivity contribution in [3.8, 4) is 17.2 Å². The highest BCUT2D eigenvalue weighted by Gasteiger charge is 2.38. The van der Waals surface area contributed by atoms with Gasteiger partial charge in [-0.2, -0.15) is 13.2 Å². The average Bonchev–Trinajstić information content (AvgIpc) is 3.61. The summed E-state index contributed by atoms with van der Waals surface area (Å²) in [6.45, 7) is -0.478. The Balaban J connectivity index is 1.15. The van der Waals surface area contributed by atoms with E-state index in [1.807, 2.05) is 40.5 Å². The first-order valence-electron chi connectivity index (χ1n) is 17.1. The van der Waals surface area contributed by atoms with Crippen LogP contribution in [0.1, 0.15) is 29.3 Å². The highest BCUT2D eigenvalue weighted by atomic mass is 19.4. The molecule has 6 rings (SSSR count). The molecule has 1 fully saturated rings. The van der Waals surface area contributed by atoms with Gasteiger partial charge in [-0.1, -0.05) is 48.5 Å². The second-order valence-corrected chi connectivity index (χ2v) is 13.1. The van der Waals surface area contributed by atoms with E-state index in [1.165, 1.54) is 0 Å². The zero-order valence-corrected chi connectivity index (χ0v) is 28.3. The number of alkyl halides is 3. The zero-order chi connectivity index (χ0) is 36.7. The Morgan fingerprint density at radius 2 is 1.81 bits per heavy atom. The molecular weight excluding hydrogens is 681 g/mol. The van der Waals surface area contributed by atoms with Crippen molar-refractivity contribution in [3.63, 3.8) is 0 Å². The summed E-state index contributed by atoms with van der Waals surface area (Å²) in [5, 5.41) is 27.2. The molecule has 2 amide bonds. The second-order valence-electron chi connectivity index (χ2n) is 13.1.